The molecule has 5 heteroatoms. The van der Waals surface area contributed by atoms with Gasteiger partial charge in [-0.2, -0.15) is 0 Å². The van der Waals surface area contributed by atoms with Crippen molar-refractivity contribution in [3.8, 4) is 28.4 Å². The standard InChI is InChI=1S/C30H22O5/c1-19-8-9-20(2)26(16-19)35-28-18-33-27-17-24(14-15-25(27)29(28)31)34-30(32)23-12-10-22(11-13-23)21-6-4-3-5-7-21/h3-18H,1-2H3. The molecular formula is C30H22O5. The maximum atomic E-state index is 12.9. The van der Waals surface area contributed by atoms with Crippen LogP contribution in [-0.4, -0.2) is 5.97 Å². The Morgan fingerprint density at radius 2 is 1.51 bits per heavy atom. The Balaban J connectivity index is 1.35. The molecule has 0 spiro atoms. The van der Waals surface area contributed by atoms with Gasteiger partial charge in [-0.3, -0.25) is 4.79 Å². The van der Waals surface area contributed by atoms with Crippen LogP contribution in [0.3, 0.4) is 0 Å². The highest BCUT2D eigenvalue weighted by atomic mass is 16.5. The average Bonchev–Trinajstić information content (AvgIpc) is 2.88. The van der Waals surface area contributed by atoms with Gasteiger partial charge in [-0.05, 0) is 66.4 Å². The molecule has 1 aromatic heterocycles. The molecule has 0 aliphatic rings. The molecule has 0 N–H and O–H groups in total. The van der Waals surface area contributed by atoms with Crippen molar-refractivity contribution in [2.45, 2.75) is 13.8 Å². The number of esters is 1. The first kappa shape index (κ1) is 22.2. The van der Waals surface area contributed by atoms with E-state index in [0.29, 0.717) is 22.3 Å². The second kappa shape index (κ2) is 9.31. The highest BCUT2D eigenvalue weighted by molar-refractivity contribution is 5.92. The maximum absolute atomic E-state index is 12.9. The second-order valence-electron chi connectivity index (χ2n) is 8.29. The largest absolute Gasteiger partial charge is 0.460 e. The van der Waals surface area contributed by atoms with Crippen LogP contribution < -0.4 is 14.9 Å². The van der Waals surface area contributed by atoms with Crippen LogP contribution in [0.5, 0.6) is 17.2 Å². The third-order valence-corrected chi connectivity index (χ3v) is 5.72. The van der Waals surface area contributed by atoms with Crippen LogP contribution in [0.25, 0.3) is 22.1 Å². The van der Waals surface area contributed by atoms with Crippen molar-refractivity contribution in [1.29, 1.82) is 0 Å². The fourth-order valence-electron chi connectivity index (χ4n) is 3.76. The molecule has 0 bridgehead atoms. The molecule has 5 nitrogen and oxygen atoms in total. The van der Waals surface area contributed by atoms with Gasteiger partial charge in [0.25, 0.3) is 0 Å². The van der Waals surface area contributed by atoms with E-state index in [-0.39, 0.29) is 16.9 Å². The van der Waals surface area contributed by atoms with E-state index in [1.807, 2.05) is 74.5 Å². The average molecular weight is 463 g/mol. The van der Waals surface area contributed by atoms with Gasteiger partial charge < -0.3 is 13.9 Å². The number of carbonyl (C=O) groups is 1. The second-order valence-corrected chi connectivity index (χ2v) is 8.29. The summed E-state index contributed by atoms with van der Waals surface area (Å²) in [6.45, 7) is 3.86. The Labute approximate surface area is 202 Å². The lowest BCUT2D eigenvalue weighted by Crippen LogP contribution is -2.09. The van der Waals surface area contributed by atoms with Crippen molar-refractivity contribution >= 4 is 16.9 Å². The van der Waals surface area contributed by atoms with Gasteiger partial charge in [0.2, 0.25) is 11.2 Å². The zero-order chi connectivity index (χ0) is 24.4. The highest BCUT2D eigenvalue weighted by Crippen LogP contribution is 2.27. The summed E-state index contributed by atoms with van der Waals surface area (Å²) in [6.07, 6.45) is 1.28. The smallest absolute Gasteiger partial charge is 0.343 e. The van der Waals surface area contributed by atoms with Crippen LogP contribution in [0.15, 0.2) is 106 Å². The molecule has 0 amide bonds. The van der Waals surface area contributed by atoms with E-state index in [1.54, 1.807) is 24.3 Å². The van der Waals surface area contributed by atoms with E-state index < -0.39 is 5.97 Å². The molecule has 1 heterocycles. The minimum absolute atomic E-state index is 0.0921. The first-order chi connectivity index (χ1) is 17.0. The normalized spacial score (nSPS) is 10.8. The van der Waals surface area contributed by atoms with Crippen molar-refractivity contribution < 1.29 is 18.7 Å². The summed E-state index contributed by atoms with van der Waals surface area (Å²) in [5, 5.41) is 0.333. The topological polar surface area (TPSA) is 65.7 Å². The molecule has 0 aliphatic heterocycles. The minimum Gasteiger partial charge on any atom is -0.460 e. The predicted octanol–water partition coefficient (Wildman–Crippen LogP) is 7.09. The van der Waals surface area contributed by atoms with Crippen LogP contribution in [0, 0.1) is 13.8 Å². The van der Waals surface area contributed by atoms with Crippen LogP contribution in [0.4, 0.5) is 0 Å². The Kier molecular flexibility index (Phi) is 5.90. The number of aryl methyl sites for hydroxylation is 2. The maximum Gasteiger partial charge on any atom is 0.343 e. The van der Waals surface area contributed by atoms with Gasteiger partial charge in [-0.25, -0.2) is 4.79 Å². The van der Waals surface area contributed by atoms with Crippen LogP contribution in [0.1, 0.15) is 21.5 Å². The predicted molar refractivity (Wildman–Crippen MR) is 135 cm³/mol. The van der Waals surface area contributed by atoms with Gasteiger partial charge in [-0.15, -0.1) is 0 Å². The lowest BCUT2D eigenvalue weighted by molar-refractivity contribution is 0.0735. The quantitative estimate of drug-likeness (QED) is 0.206. The number of fused-ring (bicyclic) bond motifs is 1. The molecule has 0 unspecified atom stereocenters. The van der Waals surface area contributed by atoms with E-state index in [4.69, 9.17) is 13.9 Å². The van der Waals surface area contributed by atoms with E-state index >= 15 is 0 Å². The van der Waals surface area contributed by atoms with Gasteiger partial charge in [0.1, 0.15) is 23.3 Å². The molecule has 0 atom stereocenters. The highest BCUT2D eigenvalue weighted by Gasteiger charge is 2.14. The molecule has 0 aliphatic carbocycles. The Bertz CT molecular complexity index is 1580. The van der Waals surface area contributed by atoms with E-state index in [1.165, 1.54) is 12.3 Å². The molecule has 172 valence electrons. The number of ether oxygens (including phenoxy) is 2. The number of benzene rings is 4. The van der Waals surface area contributed by atoms with Crippen molar-refractivity contribution in [2.75, 3.05) is 0 Å². The zero-order valence-electron chi connectivity index (χ0n) is 19.3. The van der Waals surface area contributed by atoms with Gasteiger partial charge in [0, 0.05) is 6.07 Å². The van der Waals surface area contributed by atoms with Gasteiger partial charge in [0.15, 0.2) is 0 Å². The summed E-state index contributed by atoms with van der Waals surface area (Å²) >= 11 is 0. The molecule has 5 rings (SSSR count). The Morgan fingerprint density at radius 3 is 2.29 bits per heavy atom. The minimum atomic E-state index is -0.499. The summed E-state index contributed by atoms with van der Waals surface area (Å²) in [7, 11) is 0. The zero-order valence-corrected chi connectivity index (χ0v) is 19.3. The molecule has 0 saturated heterocycles. The van der Waals surface area contributed by atoms with Gasteiger partial charge in [-0.1, -0.05) is 54.6 Å². The van der Waals surface area contributed by atoms with E-state index in [9.17, 15) is 9.59 Å². The van der Waals surface area contributed by atoms with Crippen LogP contribution >= 0.6 is 0 Å². The number of rotatable bonds is 5. The molecule has 0 saturated carbocycles. The van der Waals surface area contributed by atoms with Crippen LogP contribution in [0.2, 0.25) is 0 Å². The summed E-state index contributed by atoms with van der Waals surface area (Å²) in [4.78, 5) is 25.6. The van der Waals surface area contributed by atoms with Gasteiger partial charge >= 0.3 is 5.97 Å². The third-order valence-electron chi connectivity index (χ3n) is 5.72. The first-order valence-corrected chi connectivity index (χ1v) is 11.2. The first-order valence-electron chi connectivity index (χ1n) is 11.2. The van der Waals surface area contributed by atoms with Crippen molar-refractivity contribution in [1.82, 2.24) is 0 Å². The number of hydrogen-bond acceptors (Lipinski definition) is 5. The van der Waals surface area contributed by atoms with Gasteiger partial charge in [0.05, 0.1) is 10.9 Å². The fourth-order valence-corrected chi connectivity index (χ4v) is 3.76. The molecule has 0 fully saturated rings. The summed E-state index contributed by atoms with van der Waals surface area (Å²) in [5.41, 5.74) is 4.43. The number of carbonyl (C=O) groups excluding carboxylic acids is 1. The molecule has 5 aromatic rings. The summed E-state index contributed by atoms with van der Waals surface area (Å²) < 4.78 is 17.0. The van der Waals surface area contributed by atoms with E-state index in [2.05, 4.69) is 0 Å². The lowest BCUT2D eigenvalue weighted by atomic mass is 10.0. The Hall–Kier alpha value is -4.64. The fraction of sp³-hybridized carbons (Fsp3) is 0.0667. The number of hydrogen-bond donors (Lipinski definition) is 0. The molecule has 4 aromatic carbocycles. The van der Waals surface area contributed by atoms with Crippen molar-refractivity contribution in [3.63, 3.8) is 0 Å². The molecule has 0 radical (unpaired) electrons. The molecular weight excluding hydrogens is 440 g/mol. The monoisotopic (exact) mass is 462 g/mol. The lowest BCUT2D eigenvalue weighted by Gasteiger charge is -2.10. The van der Waals surface area contributed by atoms with Crippen LogP contribution in [-0.2, 0) is 0 Å². The SMILES string of the molecule is Cc1ccc(C)c(Oc2coc3cc(OC(=O)c4ccc(-c5ccccc5)cc4)ccc3c2=O)c1. The third kappa shape index (κ3) is 4.70. The summed E-state index contributed by atoms with van der Waals surface area (Å²) in [6, 6.07) is 27.6. The van der Waals surface area contributed by atoms with E-state index in [0.717, 1.165) is 22.3 Å². The van der Waals surface area contributed by atoms with Crippen molar-refractivity contribution in [2.24, 2.45) is 0 Å². The summed E-state index contributed by atoms with van der Waals surface area (Å²) in [5.74, 6) is 0.470. The molecule has 35 heavy (non-hydrogen) atoms. The Morgan fingerprint density at radius 1 is 0.771 bits per heavy atom. The van der Waals surface area contributed by atoms with Crippen molar-refractivity contribution in [3.05, 3.63) is 124 Å².